The van der Waals surface area contributed by atoms with E-state index in [1.807, 2.05) is 0 Å². The molecule has 0 aromatic heterocycles. The number of halogens is 1. The van der Waals surface area contributed by atoms with E-state index in [0.717, 1.165) is 0 Å². The van der Waals surface area contributed by atoms with Crippen LogP contribution in [0.4, 0.5) is 4.39 Å². The summed E-state index contributed by atoms with van der Waals surface area (Å²) in [6, 6.07) is 3.64. The molecule has 0 aliphatic carbocycles. The number of aryl methyl sites for hydroxylation is 1. The molecule has 2 unspecified atom stereocenters. The summed E-state index contributed by atoms with van der Waals surface area (Å²) in [4.78, 5) is 10.6. The van der Waals surface area contributed by atoms with Crippen molar-refractivity contribution in [3.63, 3.8) is 0 Å². The molecular formula is C12H16FNO3. The average Bonchev–Trinajstić information content (AvgIpc) is 2.28. The highest BCUT2D eigenvalue weighted by molar-refractivity contribution is 5.67. The molecule has 2 atom stereocenters. The molecule has 0 fully saturated rings. The topological polar surface area (TPSA) is 69.6 Å². The Morgan fingerprint density at radius 1 is 1.53 bits per heavy atom. The Kier molecular flexibility index (Phi) is 4.60. The van der Waals surface area contributed by atoms with E-state index in [4.69, 9.17) is 5.11 Å². The zero-order valence-electron chi connectivity index (χ0n) is 9.77. The molecule has 0 spiro atoms. The minimum Gasteiger partial charge on any atom is -0.481 e. The molecule has 0 bridgehead atoms. The third-order valence-electron chi connectivity index (χ3n) is 2.67. The van der Waals surface area contributed by atoms with Gasteiger partial charge < -0.3 is 15.5 Å². The second-order valence-electron chi connectivity index (χ2n) is 3.95. The Bertz CT molecular complexity index is 409. The number of carboxylic acid groups (broad SMARTS) is 1. The van der Waals surface area contributed by atoms with Gasteiger partial charge in [-0.05, 0) is 31.2 Å². The standard InChI is InChI=1S/C12H16FNO3/c1-7-5-8(3-4-9(7)13)12(17)10(14-2)6-11(15)16/h3-5,10,12,14,17H,6H2,1-2H3,(H,15,16). The van der Waals surface area contributed by atoms with Crippen molar-refractivity contribution in [3.05, 3.63) is 35.1 Å². The summed E-state index contributed by atoms with van der Waals surface area (Å²) in [5, 5.41) is 21.4. The fraction of sp³-hybridized carbons (Fsp3) is 0.417. The highest BCUT2D eigenvalue weighted by Crippen LogP contribution is 2.21. The van der Waals surface area contributed by atoms with Crippen LogP contribution >= 0.6 is 0 Å². The molecule has 0 amide bonds. The maximum Gasteiger partial charge on any atom is 0.305 e. The maximum atomic E-state index is 13.1. The molecule has 3 N–H and O–H groups in total. The molecule has 0 saturated heterocycles. The van der Waals surface area contributed by atoms with E-state index in [2.05, 4.69) is 5.32 Å². The summed E-state index contributed by atoms with van der Waals surface area (Å²) in [6.45, 7) is 1.59. The lowest BCUT2D eigenvalue weighted by molar-refractivity contribution is -0.138. The summed E-state index contributed by atoms with van der Waals surface area (Å²) in [5.41, 5.74) is 0.927. The van der Waals surface area contributed by atoms with Crippen molar-refractivity contribution in [2.75, 3.05) is 7.05 Å². The van der Waals surface area contributed by atoms with E-state index in [1.54, 1.807) is 14.0 Å². The van der Waals surface area contributed by atoms with Crippen molar-refractivity contribution in [1.82, 2.24) is 5.32 Å². The summed E-state index contributed by atoms with van der Waals surface area (Å²) in [7, 11) is 1.58. The minimum absolute atomic E-state index is 0.200. The third kappa shape index (κ3) is 3.51. The Morgan fingerprint density at radius 3 is 2.65 bits per heavy atom. The first-order chi connectivity index (χ1) is 7.95. The Hall–Kier alpha value is -1.46. The van der Waals surface area contributed by atoms with Crippen LogP contribution < -0.4 is 5.32 Å². The average molecular weight is 241 g/mol. The van der Waals surface area contributed by atoms with Crippen molar-refractivity contribution in [2.45, 2.75) is 25.5 Å². The highest BCUT2D eigenvalue weighted by atomic mass is 19.1. The number of likely N-dealkylation sites (N-methyl/N-ethyl adjacent to an activating group) is 1. The third-order valence-corrected chi connectivity index (χ3v) is 2.67. The molecule has 5 heteroatoms. The van der Waals surface area contributed by atoms with E-state index < -0.39 is 18.1 Å². The fourth-order valence-corrected chi connectivity index (χ4v) is 1.64. The molecule has 0 radical (unpaired) electrons. The summed E-state index contributed by atoms with van der Waals surface area (Å²) < 4.78 is 13.1. The molecule has 1 rings (SSSR count). The van der Waals surface area contributed by atoms with Gasteiger partial charge in [0.15, 0.2) is 0 Å². The largest absolute Gasteiger partial charge is 0.481 e. The number of carbonyl (C=O) groups is 1. The number of rotatable bonds is 5. The lowest BCUT2D eigenvalue weighted by Crippen LogP contribution is -2.34. The molecular weight excluding hydrogens is 225 g/mol. The number of hydrogen-bond acceptors (Lipinski definition) is 3. The Labute approximate surface area is 99.1 Å². The van der Waals surface area contributed by atoms with Crippen LogP contribution in [-0.4, -0.2) is 29.3 Å². The lowest BCUT2D eigenvalue weighted by Gasteiger charge is -2.21. The van der Waals surface area contributed by atoms with Crippen LogP contribution in [0.1, 0.15) is 23.7 Å². The summed E-state index contributed by atoms with van der Waals surface area (Å²) >= 11 is 0. The number of aliphatic carboxylic acids is 1. The predicted molar refractivity (Wildman–Crippen MR) is 61.2 cm³/mol. The monoisotopic (exact) mass is 241 g/mol. The van der Waals surface area contributed by atoms with Crippen LogP contribution in [0.25, 0.3) is 0 Å². The van der Waals surface area contributed by atoms with Crippen LogP contribution in [0.5, 0.6) is 0 Å². The zero-order chi connectivity index (χ0) is 13.0. The molecule has 0 heterocycles. The molecule has 1 aromatic carbocycles. The maximum absolute atomic E-state index is 13.1. The molecule has 94 valence electrons. The fourth-order valence-electron chi connectivity index (χ4n) is 1.64. The Morgan fingerprint density at radius 2 is 2.18 bits per heavy atom. The van der Waals surface area contributed by atoms with Crippen LogP contribution in [-0.2, 0) is 4.79 Å². The lowest BCUT2D eigenvalue weighted by atomic mass is 9.98. The normalized spacial score (nSPS) is 14.4. The van der Waals surface area contributed by atoms with Gasteiger partial charge in [-0.25, -0.2) is 4.39 Å². The smallest absolute Gasteiger partial charge is 0.305 e. The van der Waals surface area contributed by atoms with Crippen molar-refractivity contribution in [1.29, 1.82) is 0 Å². The van der Waals surface area contributed by atoms with E-state index in [9.17, 15) is 14.3 Å². The number of aliphatic hydroxyl groups is 1. The molecule has 0 saturated carbocycles. The number of benzene rings is 1. The quantitative estimate of drug-likeness (QED) is 0.725. The van der Waals surface area contributed by atoms with E-state index in [0.29, 0.717) is 11.1 Å². The second-order valence-corrected chi connectivity index (χ2v) is 3.95. The van der Waals surface area contributed by atoms with Gasteiger partial charge in [-0.3, -0.25) is 4.79 Å². The van der Waals surface area contributed by atoms with Gasteiger partial charge in [0.25, 0.3) is 0 Å². The second kappa shape index (κ2) is 5.75. The summed E-state index contributed by atoms with van der Waals surface area (Å²) in [6.07, 6.45) is -1.18. The molecule has 1 aromatic rings. The number of hydrogen-bond donors (Lipinski definition) is 3. The number of aliphatic hydroxyl groups excluding tert-OH is 1. The van der Waals surface area contributed by atoms with Crippen molar-refractivity contribution < 1.29 is 19.4 Å². The first-order valence-corrected chi connectivity index (χ1v) is 5.29. The molecule has 0 aliphatic heterocycles. The number of nitrogens with one attached hydrogen (secondary N) is 1. The zero-order valence-corrected chi connectivity index (χ0v) is 9.77. The van der Waals surface area contributed by atoms with Gasteiger partial charge in [0.2, 0.25) is 0 Å². The van der Waals surface area contributed by atoms with Gasteiger partial charge in [0.1, 0.15) is 5.82 Å². The van der Waals surface area contributed by atoms with Crippen molar-refractivity contribution in [2.24, 2.45) is 0 Å². The minimum atomic E-state index is -0.998. The van der Waals surface area contributed by atoms with E-state index in [-0.39, 0.29) is 12.2 Å². The van der Waals surface area contributed by atoms with Gasteiger partial charge in [-0.1, -0.05) is 12.1 Å². The molecule has 4 nitrogen and oxygen atoms in total. The first-order valence-electron chi connectivity index (χ1n) is 5.29. The van der Waals surface area contributed by atoms with Crippen LogP contribution in [0.2, 0.25) is 0 Å². The van der Waals surface area contributed by atoms with Gasteiger partial charge in [0, 0.05) is 6.04 Å². The predicted octanol–water partition coefficient (Wildman–Crippen LogP) is 1.23. The molecule has 0 aliphatic rings. The van der Waals surface area contributed by atoms with E-state index >= 15 is 0 Å². The van der Waals surface area contributed by atoms with Gasteiger partial charge in [-0.2, -0.15) is 0 Å². The van der Waals surface area contributed by atoms with Crippen molar-refractivity contribution in [3.8, 4) is 0 Å². The SMILES string of the molecule is CNC(CC(=O)O)C(O)c1ccc(F)c(C)c1. The summed E-state index contributed by atoms with van der Waals surface area (Å²) in [5.74, 6) is -1.34. The van der Waals surface area contributed by atoms with Gasteiger partial charge >= 0.3 is 5.97 Å². The van der Waals surface area contributed by atoms with Crippen LogP contribution in [0, 0.1) is 12.7 Å². The highest BCUT2D eigenvalue weighted by Gasteiger charge is 2.22. The Balaban J connectivity index is 2.89. The van der Waals surface area contributed by atoms with E-state index in [1.165, 1.54) is 18.2 Å². The van der Waals surface area contributed by atoms with Crippen LogP contribution in [0.15, 0.2) is 18.2 Å². The van der Waals surface area contributed by atoms with Gasteiger partial charge in [-0.15, -0.1) is 0 Å². The van der Waals surface area contributed by atoms with Crippen LogP contribution in [0.3, 0.4) is 0 Å². The van der Waals surface area contributed by atoms with Gasteiger partial charge in [0.05, 0.1) is 12.5 Å². The number of carboxylic acids is 1. The van der Waals surface area contributed by atoms with Crippen molar-refractivity contribution >= 4 is 5.97 Å². The molecule has 17 heavy (non-hydrogen) atoms. The first kappa shape index (κ1) is 13.6.